The van der Waals surface area contributed by atoms with E-state index in [-0.39, 0.29) is 23.6 Å². The van der Waals surface area contributed by atoms with Crippen LogP contribution in [0.25, 0.3) is 0 Å². The monoisotopic (exact) mass is 264 g/mol. The van der Waals surface area contributed by atoms with Gasteiger partial charge in [0.1, 0.15) is 17.9 Å². The second kappa shape index (κ2) is 5.37. The number of carbonyl (C=O) groups excluding carboxylic acids is 1. The van der Waals surface area contributed by atoms with Gasteiger partial charge in [-0.15, -0.1) is 11.3 Å². The number of aromatic nitrogens is 1. The molecule has 0 fully saturated rings. The number of nitrogens with zero attached hydrogens (tertiary/aromatic N) is 2. The molecule has 2 aromatic rings. The normalized spacial score (nSPS) is 10.0. The van der Waals surface area contributed by atoms with Gasteiger partial charge in [0.25, 0.3) is 0 Å². The second-order valence-corrected chi connectivity index (χ2v) is 4.30. The maximum Gasteiger partial charge on any atom is 0.311 e. The Labute approximate surface area is 106 Å². The zero-order valence-corrected chi connectivity index (χ0v) is 9.92. The maximum atomic E-state index is 10.8. The van der Waals surface area contributed by atoms with Crippen molar-refractivity contribution in [3.05, 3.63) is 50.5 Å². The molecule has 0 atom stereocenters. The molecule has 0 aliphatic heterocycles. The summed E-state index contributed by atoms with van der Waals surface area (Å²) in [5, 5.41) is 13.4. The van der Waals surface area contributed by atoms with Crippen molar-refractivity contribution >= 4 is 23.3 Å². The SMILES string of the molecule is O=Cc1ccc(OCc2nccs2)c([N+](=O)[O-])c1. The first-order valence-corrected chi connectivity index (χ1v) is 5.83. The van der Waals surface area contributed by atoms with E-state index in [1.54, 1.807) is 11.6 Å². The number of carbonyl (C=O) groups is 1. The molecule has 2 rings (SSSR count). The third kappa shape index (κ3) is 2.69. The van der Waals surface area contributed by atoms with E-state index in [1.165, 1.54) is 29.5 Å². The fourth-order valence-electron chi connectivity index (χ4n) is 1.34. The Morgan fingerprint density at radius 1 is 1.50 bits per heavy atom. The van der Waals surface area contributed by atoms with Gasteiger partial charge in [-0.1, -0.05) is 0 Å². The molecule has 0 unspecified atom stereocenters. The minimum Gasteiger partial charge on any atom is -0.479 e. The molecule has 0 aliphatic carbocycles. The fourth-order valence-corrected chi connectivity index (χ4v) is 1.86. The highest BCUT2D eigenvalue weighted by atomic mass is 32.1. The number of thiazole rings is 1. The Morgan fingerprint density at radius 2 is 2.33 bits per heavy atom. The van der Waals surface area contributed by atoms with Crippen LogP contribution in [-0.4, -0.2) is 16.2 Å². The van der Waals surface area contributed by atoms with Gasteiger partial charge < -0.3 is 4.74 Å². The molecule has 18 heavy (non-hydrogen) atoms. The van der Waals surface area contributed by atoms with E-state index in [1.807, 2.05) is 0 Å². The van der Waals surface area contributed by atoms with Gasteiger partial charge in [-0.2, -0.15) is 0 Å². The lowest BCUT2D eigenvalue weighted by Gasteiger charge is -2.05. The molecule has 0 bridgehead atoms. The number of ether oxygens (including phenoxy) is 1. The number of hydrogen-bond donors (Lipinski definition) is 0. The van der Waals surface area contributed by atoms with Crippen molar-refractivity contribution in [3.8, 4) is 5.75 Å². The molecule has 0 amide bonds. The third-order valence-electron chi connectivity index (χ3n) is 2.15. The van der Waals surface area contributed by atoms with Gasteiger partial charge in [0.05, 0.1) is 4.92 Å². The highest BCUT2D eigenvalue weighted by Gasteiger charge is 2.16. The standard InChI is InChI=1S/C11H8N2O4S/c14-6-8-1-2-10(9(5-8)13(15)16)17-7-11-12-3-4-18-11/h1-6H,7H2. The van der Waals surface area contributed by atoms with Crippen molar-refractivity contribution in [2.75, 3.05) is 0 Å². The van der Waals surface area contributed by atoms with Gasteiger partial charge in [-0.05, 0) is 12.1 Å². The van der Waals surface area contributed by atoms with Crippen molar-refractivity contribution in [2.45, 2.75) is 6.61 Å². The van der Waals surface area contributed by atoms with Crippen LogP contribution in [-0.2, 0) is 6.61 Å². The van der Waals surface area contributed by atoms with E-state index >= 15 is 0 Å². The van der Waals surface area contributed by atoms with Crippen LogP contribution in [0.4, 0.5) is 5.69 Å². The lowest BCUT2D eigenvalue weighted by molar-refractivity contribution is -0.386. The largest absolute Gasteiger partial charge is 0.479 e. The Hall–Kier alpha value is -2.28. The van der Waals surface area contributed by atoms with E-state index in [0.29, 0.717) is 6.29 Å². The van der Waals surface area contributed by atoms with Crippen molar-refractivity contribution in [2.24, 2.45) is 0 Å². The fraction of sp³-hybridized carbons (Fsp3) is 0.0909. The first-order valence-electron chi connectivity index (χ1n) is 4.95. The number of benzene rings is 1. The summed E-state index contributed by atoms with van der Waals surface area (Å²) in [5.41, 5.74) is 0.0134. The molecule has 0 aliphatic rings. The van der Waals surface area contributed by atoms with Crippen molar-refractivity contribution in [3.63, 3.8) is 0 Å². The van der Waals surface area contributed by atoms with Crippen molar-refractivity contribution in [1.82, 2.24) is 4.98 Å². The van der Waals surface area contributed by atoms with Gasteiger partial charge in [0.15, 0.2) is 5.75 Å². The van der Waals surface area contributed by atoms with E-state index in [0.717, 1.165) is 5.01 Å². The molecule has 1 aromatic carbocycles. The Bertz CT molecular complexity index is 568. The summed E-state index contributed by atoms with van der Waals surface area (Å²) in [6.07, 6.45) is 2.19. The second-order valence-electron chi connectivity index (χ2n) is 3.32. The highest BCUT2D eigenvalue weighted by Crippen LogP contribution is 2.28. The zero-order chi connectivity index (χ0) is 13.0. The van der Waals surface area contributed by atoms with Gasteiger partial charge in [0, 0.05) is 23.2 Å². The van der Waals surface area contributed by atoms with Crippen molar-refractivity contribution in [1.29, 1.82) is 0 Å². The van der Waals surface area contributed by atoms with E-state index in [2.05, 4.69) is 4.98 Å². The number of hydrogen-bond acceptors (Lipinski definition) is 6. The summed E-state index contributed by atoms with van der Waals surface area (Å²) >= 11 is 1.40. The zero-order valence-electron chi connectivity index (χ0n) is 9.11. The summed E-state index contributed by atoms with van der Waals surface area (Å²) in [6, 6.07) is 4.07. The van der Waals surface area contributed by atoms with Gasteiger partial charge in [0.2, 0.25) is 0 Å². The molecular weight excluding hydrogens is 256 g/mol. The van der Waals surface area contributed by atoms with Crippen LogP contribution in [0.1, 0.15) is 15.4 Å². The van der Waals surface area contributed by atoms with Crippen molar-refractivity contribution < 1.29 is 14.5 Å². The molecular formula is C11H8N2O4S. The molecule has 1 heterocycles. The van der Waals surface area contributed by atoms with Crippen LogP contribution in [0.3, 0.4) is 0 Å². The van der Waals surface area contributed by atoms with E-state index in [4.69, 9.17) is 4.74 Å². The topological polar surface area (TPSA) is 82.3 Å². The smallest absolute Gasteiger partial charge is 0.311 e. The van der Waals surface area contributed by atoms with Crippen LogP contribution in [0.2, 0.25) is 0 Å². The lowest BCUT2D eigenvalue weighted by Crippen LogP contribution is -1.99. The first kappa shape index (κ1) is 12.2. The van der Waals surface area contributed by atoms with Crippen LogP contribution in [0.15, 0.2) is 29.8 Å². The molecule has 0 N–H and O–H groups in total. The summed E-state index contributed by atoms with van der Waals surface area (Å²) in [6.45, 7) is 0.166. The number of rotatable bonds is 5. The number of aldehydes is 1. The average molecular weight is 264 g/mol. The molecule has 92 valence electrons. The summed E-state index contributed by atoms with van der Waals surface area (Å²) in [4.78, 5) is 24.8. The average Bonchev–Trinajstić information content (AvgIpc) is 2.89. The summed E-state index contributed by atoms with van der Waals surface area (Å²) in [7, 11) is 0. The van der Waals surface area contributed by atoms with Gasteiger partial charge in [-0.3, -0.25) is 14.9 Å². The molecule has 0 saturated carbocycles. The Kier molecular flexibility index (Phi) is 3.63. The molecule has 1 aromatic heterocycles. The van der Waals surface area contributed by atoms with Crippen LogP contribution in [0.5, 0.6) is 5.75 Å². The molecule has 7 heteroatoms. The molecule has 0 saturated heterocycles. The third-order valence-corrected chi connectivity index (χ3v) is 2.90. The minimum absolute atomic E-state index is 0.126. The van der Waals surface area contributed by atoms with E-state index < -0.39 is 4.92 Å². The van der Waals surface area contributed by atoms with Crippen LogP contribution >= 0.6 is 11.3 Å². The van der Waals surface area contributed by atoms with Gasteiger partial charge in [-0.25, -0.2) is 4.98 Å². The Morgan fingerprint density at radius 3 is 2.94 bits per heavy atom. The number of nitro groups is 1. The number of nitro benzene ring substituents is 1. The molecule has 6 nitrogen and oxygen atoms in total. The lowest BCUT2D eigenvalue weighted by atomic mass is 10.2. The minimum atomic E-state index is -0.579. The highest BCUT2D eigenvalue weighted by molar-refractivity contribution is 7.09. The van der Waals surface area contributed by atoms with E-state index in [9.17, 15) is 14.9 Å². The predicted octanol–water partition coefficient (Wildman–Crippen LogP) is 2.44. The van der Waals surface area contributed by atoms with Crippen LogP contribution in [0, 0.1) is 10.1 Å². The quantitative estimate of drug-likeness (QED) is 0.470. The predicted molar refractivity (Wildman–Crippen MR) is 64.9 cm³/mol. The van der Waals surface area contributed by atoms with Gasteiger partial charge >= 0.3 is 5.69 Å². The Balaban J connectivity index is 2.21. The summed E-state index contributed by atoms with van der Waals surface area (Å²) < 4.78 is 5.33. The molecule has 0 radical (unpaired) electrons. The van der Waals surface area contributed by atoms with Crippen LogP contribution < -0.4 is 4.74 Å². The maximum absolute atomic E-state index is 10.8. The molecule has 0 spiro atoms. The first-order chi connectivity index (χ1) is 8.70. The summed E-state index contributed by atoms with van der Waals surface area (Å²) in [5.74, 6) is 0.126.